The van der Waals surface area contributed by atoms with Crippen molar-refractivity contribution in [3.05, 3.63) is 47.5 Å². The van der Waals surface area contributed by atoms with Crippen LogP contribution in [-0.2, 0) is 13.5 Å². The Bertz CT molecular complexity index is 595. The number of carbonyl (C=O) groups is 1. The zero-order chi connectivity index (χ0) is 13.8. The molecule has 1 aromatic heterocycles. The number of hydrogen-bond acceptors (Lipinski definition) is 3. The van der Waals surface area contributed by atoms with Gasteiger partial charge in [-0.15, -0.1) is 0 Å². The molecule has 2 aromatic rings. The number of ether oxygens (including phenoxy) is 1. The Balaban J connectivity index is 1.93. The summed E-state index contributed by atoms with van der Waals surface area (Å²) in [6.07, 6.45) is 4.26. The van der Waals surface area contributed by atoms with Crippen LogP contribution >= 0.6 is 0 Å². The van der Waals surface area contributed by atoms with E-state index in [-0.39, 0.29) is 5.56 Å². The van der Waals surface area contributed by atoms with Crippen molar-refractivity contribution in [2.45, 2.75) is 6.42 Å². The molecule has 0 amide bonds. The van der Waals surface area contributed by atoms with Gasteiger partial charge in [0, 0.05) is 25.7 Å². The SMILES string of the molecule is Cn1cc(CCOc2ccc(C(=O)O)c(F)c2)cn1. The van der Waals surface area contributed by atoms with Gasteiger partial charge in [-0.25, -0.2) is 9.18 Å². The monoisotopic (exact) mass is 264 g/mol. The highest BCUT2D eigenvalue weighted by Crippen LogP contribution is 2.17. The Kier molecular flexibility index (Phi) is 3.79. The van der Waals surface area contributed by atoms with E-state index in [1.807, 2.05) is 13.2 Å². The number of carboxylic acids is 1. The summed E-state index contributed by atoms with van der Waals surface area (Å²) < 4.78 is 20.4. The molecule has 0 spiro atoms. The second-order valence-electron chi connectivity index (χ2n) is 4.07. The highest BCUT2D eigenvalue weighted by molar-refractivity contribution is 5.88. The van der Waals surface area contributed by atoms with E-state index in [4.69, 9.17) is 9.84 Å². The number of aromatic carboxylic acids is 1. The van der Waals surface area contributed by atoms with Gasteiger partial charge in [-0.05, 0) is 17.7 Å². The van der Waals surface area contributed by atoms with Gasteiger partial charge in [0.1, 0.15) is 11.6 Å². The lowest BCUT2D eigenvalue weighted by atomic mass is 10.2. The summed E-state index contributed by atoms with van der Waals surface area (Å²) in [7, 11) is 1.82. The van der Waals surface area contributed by atoms with Gasteiger partial charge in [-0.3, -0.25) is 4.68 Å². The lowest BCUT2D eigenvalue weighted by Gasteiger charge is -2.06. The standard InChI is InChI=1S/C13H13FN2O3/c1-16-8-9(7-15-16)4-5-19-10-2-3-11(13(17)18)12(14)6-10/h2-3,6-8H,4-5H2,1H3,(H,17,18). The van der Waals surface area contributed by atoms with E-state index in [9.17, 15) is 9.18 Å². The molecule has 1 aromatic carbocycles. The maximum atomic E-state index is 13.4. The molecule has 1 N–H and O–H groups in total. The van der Waals surface area contributed by atoms with Gasteiger partial charge in [-0.1, -0.05) is 0 Å². The highest BCUT2D eigenvalue weighted by Gasteiger charge is 2.10. The van der Waals surface area contributed by atoms with Crippen molar-refractivity contribution in [1.82, 2.24) is 9.78 Å². The van der Waals surface area contributed by atoms with Gasteiger partial charge < -0.3 is 9.84 Å². The molecule has 0 atom stereocenters. The van der Waals surface area contributed by atoms with Crippen LogP contribution in [0.4, 0.5) is 4.39 Å². The fourth-order valence-electron chi connectivity index (χ4n) is 1.65. The number of carboxylic acid groups (broad SMARTS) is 1. The zero-order valence-corrected chi connectivity index (χ0v) is 10.3. The van der Waals surface area contributed by atoms with Crippen LogP contribution in [0.2, 0.25) is 0 Å². The summed E-state index contributed by atoms with van der Waals surface area (Å²) in [4.78, 5) is 10.6. The molecule has 5 nitrogen and oxygen atoms in total. The van der Waals surface area contributed by atoms with E-state index in [0.29, 0.717) is 18.8 Å². The Morgan fingerprint density at radius 1 is 1.53 bits per heavy atom. The van der Waals surface area contributed by atoms with Crippen LogP contribution in [0.15, 0.2) is 30.6 Å². The second-order valence-corrected chi connectivity index (χ2v) is 4.07. The predicted molar refractivity (Wildman–Crippen MR) is 65.8 cm³/mol. The highest BCUT2D eigenvalue weighted by atomic mass is 19.1. The van der Waals surface area contributed by atoms with Crippen molar-refractivity contribution in [1.29, 1.82) is 0 Å². The Hall–Kier alpha value is -2.37. The third kappa shape index (κ3) is 3.31. The molecule has 6 heteroatoms. The predicted octanol–water partition coefficient (Wildman–Crippen LogP) is 1.88. The van der Waals surface area contributed by atoms with Gasteiger partial charge in [0.25, 0.3) is 0 Å². The lowest BCUT2D eigenvalue weighted by Crippen LogP contribution is -2.04. The van der Waals surface area contributed by atoms with Crippen LogP contribution in [0, 0.1) is 5.82 Å². The minimum Gasteiger partial charge on any atom is -0.493 e. The molecule has 2 rings (SSSR count). The summed E-state index contributed by atoms with van der Waals surface area (Å²) >= 11 is 0. The number of aryl methyl sites for hydroxylation is 1. The van der Waals surface area contributed by atoms with Crippen LogP contribution in [0.3, 0.4) is 0 Å². The third-order valence-corrected chi connectivity index (χ3v) is 2.59. The third-order valence-electron chi connectivity index (χ3n) is 2.59. The molecule has 1 heterocycles. The first-order valence-corrected chi connectivity index (χ1v) is 5.69. The molecule has 0 aliphatic carbocycles. The second kappa shape index (κ2) is 5.51. The van der Waals surface area contributed by atoms with Gasteiger partial charge >= 0.3 is 5.97 Å². The molecule has 0 saturated heterocycles. The minimum absolute atomic E-state index is 0.311. The summed E-state index contributed by atoms with van der Waals surface area (Å²) in [5.74, 6) is -1.78. The topological polar surface area (TPSA) is 64.3 Å². The van der Waals surface area contributed by atoms with E-state index in [2.05, 4.69) is 5.10 Å². The van der Waals surface area contributed by atoms with E-state index >= 15 is 0 Å². The normalized spacial score (nSPS) is 10.4. The van der Waals surface area contributed by atoms with E-state index in [1.165, 1.54) is 12.1 Å². The molecular weight excluding hydrogens is 251 g/mol. The lowest BCUT2D eigenvalue weighted by molar-refractivity contribution is 0.0692. The summed E-state index contributed by atoms with van der Waals surface area (Å²) in [5, 5.41) is 12.7. The first kappa shape index (κ1) is 13.1. The van der Waals surface area contributed by atoms with Crippen molar-refractivity contribution < 1.29 is 19.0 Å². The molecule has 0 unspecified atom stereocenters. The Labute approximate surface area is 109 Å². The maximum absolute atomic E-state index is 13.4. The molecular formula is C13H13FN2O3. The van der Waals surface area contributed by atoms with Crippen molar-refractivity contribution >= 4 is 5.97 Å². The first-order chi connectivity index (χ1) is 9.06. The zero-order valence-electron chi connectivity index (χ0n) is 10.3. The van der Waals surface area contributed by atoms with Gasteiger partial charge in [-0.2, -0.15) is 5.10 Å². The molecule has 100 valence electrons. The van der Waals surface area contributed by atoms with E-state index < -0.39 is 11.8 Å². The molecule has 19 heavy (non-hydrogen) atoms. The fraction of sp³-hybridized carbons (Fsp3) is 0.231. The molecule has 0 fully saturated rings. The summed E-state index contributed by atoms with van der Waals surface area (Å²) in [5.41, 5.74) is 0.657. The van der Waals surface area contributed by atoms with Gasteiger partial charge in [0.15, 0.2) is 0 Å². The number of nitrogens with zero attached hydrogens (tertiary/aromatic N) is 2. The van der Waals surface area contributed by atoms with Crippen molar-refractivity contribution in [2.75, 3.05) is 6.61 Å². The fourth-order valence-corrected chi connectivity index (χ4v) is 1.65. The molecule has 0 aliphatic rings. The number of hydrogen-bond donors (Lipinski definition) is 1. The average Bonchev–Trinajstić information content (AvgIpc) is 2.75. The summed E-state index contributed by atoms with van der Waals surface area (Å²) in [6, 6.07) is 3.71. The van der Waals surface area contributed by atoms with Crippen LogP contribution < -0.4 is 4.74 Å². The number of aromatic nitrogens is 2. The van der Waals surface area contributed by atoms with Crippen LogP contribution in [0.1, 0.15) is 15.9 Å². The van der Waals surface area contributed by atoms with Crippen LogP contribution in [-0.4, -0.2) is 27.5 Å². The number of benzene rings is 1. The van der Waals surface area contributed by atoms with Crippen molar-refractivity contribution in [3.8, 4) is 5.75 Å². The quantitative estimate of drug-likeness (QED) is 0.895. The largest absolute Gasteiger partial charge is 0.493 e. The smallest absolute Gasteiger partial charge is 0.338 e. The molecule has 0 saturated carbocycles. The van der Waals surface area contributed by atoms with Gasteiger partial charge in [0.05, 0.1) is 18.4 Å². The number of rotatable bonds is 5. The van der Waals surface area contributed by atoms with E-state index in [0.717, 1.165) is 11.6 Å². The maximum Gasteiger partial charge on any atom is 0.338 e. The van der Waals surface area contributed by atoms with Crippen molar-refractivity contribution in [3.63, 3.8) is 0 Å². The van der Waals surface area contributed by atoms with Crippen LogP contribution in [0.25, 0.3) is 0 Å². The first-order valence-electron chi connectivity index (χ1n) is 5.69. The van der Waals surface area contributed by atoms with Gasteiger partial charge in [0.2, 0.25) is 0 Å². The minimum atomic E-state index is -1.29. The Morgan fingerprint density at radius 2 is 2.32 bits per heavy atom. The average molecular weight is 264 g/mol. The van der Waals surface area contributed by atoms with Crippen LogP contribution in [0.5, 0.6) is 5.75 Å². The molecule has 0 aliphatic heterocycles. The Morgan fingerprint density at radius 3 is 2.89 bits per heavy atom. The summed E-state index contributed by atoms with van der Waals surface area (Å²) in [6.45, 7) is 0.373. The van der Waals surface area contributed by atoms with E-state index in [1.54, 1.807) is 10.9 Å². The molecule has 0 bridgehead atoms. The molecule has 0 radical (unpaired) electrons. The number of halogens is 1. The van der Waals surface area contributed by atoms with Crippen molar-refractivity contribution in [2.24, 2.45) is 7.05 Å².